The van der Waals surface area contributed by atoms with Crippen LogP contribution in [-0.2, 0) is 9.53 Å². The zero-order valence-electron chi connectivity index (χ0n) is 10.0. The van der Waals surface area contributed by atoms with E-state index in [4.69, 9.17) is 16.3 Å². The van der Waals surface area contributed by atoms with Gasteiger partial charge >= 0.3 is 5.97 Å². The molecule has 1 saturated heterocycles. The second-order valence-electron chi connectivity index (χ2n) is 4.06. The SMILES string of the molecule is CCOC(=O)C1CCCN1c1ncc(Br)cc1Cl. The van der Waals surface area contributed by atoms with Crippen LogP contribution >= 0.6 is 27.5 Å². The van der Waals surface area contributed by atoms with E-state index in [1.165, 1.54) is 0 Å². The lowest BCUT2D eigenvalue weighted by Crippen LogP contribution is -2.38. The van der Waals surface area contributed by atoms with Crippen molar-refractivity contribution in [1.29, 1.82) is 0 Å². The first-order valence-electron chi connectivity index (χ1n) is 5.87. The predicted octanol–water partition coefficient (Wildman–Crippen LogP) is 3.03. The Bertz CT molecular complexity index is 456. The topological polar surface area (TPSA) is 42.4 Å². The number of aromatic nitrogens is 1. The summed E-state index contributed by atoms with van der Waals surface area (Å²) in [5, 5.41) is 0.542. The highest BCUT2D eigenvalue weighted by Crippen LogP contribution is 2.31. The minimum atomic E-state index is -0.267. The van der Waals surface area contributed by atoms with Gasteiger partial charge in [-0.3, -0.25) is 0 Å². The molecular formula is C12H14BrClN2O2. The van der Waals surface area contributed by atoms with Crippen LogP contribution in [0, 0.1) is 0 Å². The Hall–Kier alpha value is -0.810. The van der Waals surface area contributed by atoms with Crippen molar-refractivity contribution in [3.8, 4) is 0 Å². The Morgan fingerprint density at radius 3 is 3.17 bits per heavy atom. The van der Waals surface area contributed by atoms with E-state index in [1.807, 2.05) is 11.8 Å². The molecule has 0 spiro atoms. The molecule has 0 amide bonds. The predicted molar refractivity (Wildman–Crippen MR) is 73.9 cm³/mol. The number of ether oxygens (including phenoxy) is 1. The van der Waals surface area contributed by atoms with E-state index in [0.29, 0.717) is 17.4 Å². The Morgan fingerprint density at radius 2 is 2.50 bits per heavy atom. The Labute approximate surface area is 119 Å². The van der Waals surface area contributed by atoms with Crippen LogP contribution in [0.4, 0.5) is 5.82 Å². The van der Waals surface area contributed by atoms with Crippen molar-refractivity contribution in [3.63, 3.8) is 0 Å². The van der Waals surface area contributed by atoms with Gasteiger partial charge in [0, 0.05) is 17.2 Å². The smallest absolute Gasteiger partial charge is 0.328 e. The van der Waals surface area contributed by atoms with E-state index in [9.17, 15) is 4.79 Å². The van der Waals surface area contributed by atoms with Crippen molar-refractivity contribution in [2.24, 2.45) is 0 Å². The highest BCUT2D eigenvalue weighted by Gasteiger charge is 2.33. The Morgan fingerprint density at radius 1 is 1.72 bits per heavy atom. The molecule has 6 heteroatoms. The number of carbonyl (C=O) groups excluding carboxylic acids is 1. The summed E-state index contributed by atoms with van der Waals surface area (Å²) in [7, 11) is 0. The quantitative estimate of drug-likeness (QED) is 0.798. The highest BCUT2D eigenvalue weighted by molar-refractivity contribution is 9.10. The Kier molecular flexibility index (Phi) is 4.45. The number of hydrogen-bond donors (Lipinski definition) is 0. The molecule has 18 heavy (non-hydrogen) atoms. The van der Waals surface area contributed by atoms with Crippen molar-refractivity contribution < 1.29 is 9.53 Å². The van der Waals surface area contributed by atoms with Crippen molar-refractivity contribution in [3.05, 3.63) is 21.8 Å². The average molecular weight is 334 g/mol. The van der Waals surface area contributed by atoms with E-state index in [0.717, 1.165) is 23.9 Å². The number of esters is 1. The largest absolute Gasteiger partial charge is 0.464 e. The summed E-state index contributed by atoms with van der Waals surface area (Å²) < 4.78 is 5.90. The third kappa shape index (κ3) is 2.78. The van der Waals surface area contributed by atoms with Gasteiger partial charge in [-0.25, -0.2) is 9.78 Å². The molecule has 4 nitrogen and oxygen atoms in total. The van der Waals surface area contributed by atoms with Gasteiger partial charge in [0.2, 0.25) is 0 Å². The Balaban J connectivity index is 2.23. The van der Waals surface area contributed by atoms with Crippen molar-refractivity contribution in [1.82, 2.24) is 4.98 Å². The van der Waals surface area contributed by atoms with Crippen LogP contribution in [0.1, 0.15) is 19.8 Å². The van der Waals surface area contributed by atoms with Crippen molar-refractivity contribution in [2.45, 2.75) is 25.8 Å². The maximum atomic E-state index is 11.9. The van der Waals surface area contributed by atoms with Crippen LogP contribution in [0.5, 0.6) is 0 Å². The monoisotopic (exact) mass is 332 g/mol. The molecule has 1 aromatic rings. The molecule has 1 fully saturated rings. The molecule has 0 aromatic carbocycles. The highest BCUT2D eigenvalue weighted by atomic mass is 79.9. The van der Waals surface area contributed by atoms with Crippen LogP contribution in [0.3, 0.4) is 0 Å². The number of anilines is 1. The summed E-state index contributed by atoms with van der Waals surface area (Å²) in [6, 6.07) is 1.51. The maximum absolute atomic E-state index is 11.9. The van der Waals surface area contributed by atoms with Gasteiger partial charge in [-0.15, -0.1) is 0 Å². The normalized spacial score (nSPS) is 19.1. The van der Waals surface area contributed by atoms with Crippen LogP contribution in [0.25, 0.3) is 0 Å². The third-order valence-corrected chi connectivity index (χ3v) is 3.58. The molecule has 0 aliphatic carbocycles. The van der Waals surface area contributed by atoms with E-state index in [1.54, 1.807) is 12.3 Å². The molecule has 1 unspecified atom stereocenters. The first-order chi connectivity index (χ1) is 8.63. The zero-order chi connectivity index (χ0) is 13.1. The van der Waals surface area contributed by atoms with Crippen LogP contribution in [0.2, 0.25) is 5.02 Å². The molecule has 1 aromatic heterocycles. The summed E-state index contributed by atoms with van der Waals surface area (Å²) >= 11 is 9.49. The first kappa shape index (κ1) is 13.6. The summed E-state index contributed by atoms with van der Waals surface area (Å²) in [6.07, 6.45) is 3.41. The second kappa shape index (κ2) is 5.89. The summed E-state index contributed by atoms with van der Waals surface area (Å²) in [6.45, 7) is 2.98. The molecule has 2 heterocycles. The number of pyridine rings is 1. The summed E-state index contributed by atoms with van der Waals surface area (Å²) in [4.78, 5) is 18.1. The number of hydrogen-bond acceptors (Lipinski definition) is 4. The molecule has 0 radical (unpaired) electrons. The lowest BCUT2D eigenvalue weighted by atomic mass is 10.2. The molecule has 0 bridgehead atoms. The minimum absolute atomic E-state index is 0.198. The van der Waals surface area contributed by atoms with Gasteiger partial charge in [0.1, 0.15) is 11.9 Å². The zero-order valence-corrected chi connectivity index (χ0v) is 12.4. The van der Waals surface area contributed by atoms with Crippen molar-refractivity contribution in [2.75, 3.05) is 18.1 Å². The lowest BCUT2D eigenvalue weighted by Gasteiger charge is -2.24. The number of carbonyl (C=O) groups is 1. The number of nitrogens with zero attached hydrogens (tertiary/aromatic N) is 2. The fourth-order valence-corrected chi connectivity index (χ4v) is 2.86. The second-order valence-corrected chi connectivity index (χ2v) is 5.39. The fraction of sp³-hybridized carbons (Fsp3) is 0.500. The van der Waals surface area contributed by atoms with E-state index in [2.05, 4.69) is 20.9 Å². The summed E-state index contributed by atoms with van der Waals surface area (Å²) in [5.41, 5.74) is 0. The molecule has 98 valence electrons. The van der Waals surface area contributed by atoms with E-state index < -0.39 is 0 Å². The van der Waals surface area contributed by atoms with Gasteiger partial charge in [0.25, 0.3) is 0 Å². The van der Waals surface area contributed by atoms with Gasteiger partial charge in [-0.1, -0.05) is 11.6 Å². The first-order valence-corrected chi connectivity index (χ1v) is 7.05. The standard InChI is InChI=1S/C12H14BrClN2O2/c1-2-18-12(17)10-4-3-5-16(10)11-9(14)6-8(13)7-15-11/h6-7,10H,2-5H2,1H3. The molecular weight excluding hydrogens is 320 g/mol. The number of halogens is 2. The molecule has 0 N–H and O–H groups in total. The van der Waals surface area contributed by atoms with Gasteiger partial charge < -0.3 is 9.64 Å². The van der Waals surface area contributed by atoms with Gasteiger partial charge in [-0.05, 0) is 41.8 Å². The fourth-order valence-electron chi connectivity index (χ4n) is 2.12. The van der Waals surface area contributed by atoms with Crippen LogP contribution < -0.4 is 4.90 Å². The average Bonchev–Trinajstić information content (AvgIpc) is 2.78. The van der Waals surface area contributed by atoms with Gasteiger partial charge in [-0.2, -0.15) is 0 Å². The molecule has 2 rings (SSSR count). The molecule has 1 aliphatic rings. The van der Waals surface area contributed by atoms with Crippen LogP contribution in [-0.4, -0.2) is 30.1 Å². The van der Waals surface area contributed by atoms with Crippen molar-refractivity contribution >= 4 is 39.3 Å². The van der Waals surface area contributed by atoms with Crippen LogP contribution in [0.15, 0.2) is 16.7 Å². The maximum Gasteiger partial charge on any atom is 0.328 e. The molecule has 0 saturated carbocycles. The van der Waals surface area contributed by atoms with Gasteiger partial charge in [0.15, 0.2) is 0 Å². The number of rotatable bonds is 3. The lowest BCUT2D eigenvalue weighted by molar-refractivity contribution is -0.144. The summed E-state index contributed by atoms with van der Waals surface area (Å²) in [5.74, 6) is 0.450. The van der Waals surface area contributed by atoms with E-state index >= 15 is 0 Å². The van der Waals surface area contributed by atoms with Gasteiger partial charge in [0.05, 0.1) is 11.6 Å². The van der Waals surface area contributed by atoms with E-state index in [-0.39, 0.29) is 12.0 Å². The minimum Gasteiger partial charge on any atom is -0.464 e. The molecule has 1 atom stereocenters. The molecule has 1 aliphatic heterocycles. The third-order valence-electron chi connectivity index (χ3n) is 2.87.